The van der Waals surface area contributed by atoms with E-state index in [9.17, 15) is 13.2 Å². The molecule has 0 aliphatic heterocycles. The maximum atomic E-state index is 12.9. The summed E-state index contributed by atoms with van der Waals surface area (Å²) in [6.07, 6.45) is 1.00. The van der Waals surface area contributed by atoms with Crippen molar-refractivity contribution in [3.63, 3.8) is 0 Å². The van der Waals surface area contributed by atoms with Crippen LogP contribution in [-0.4, -0.2) is 43.9 Å². The highest BCUT2D eigenvalue weighted by atomic mass is 35.5. The molecule has 1 N–H and O–H groups in total. The standard InChI is InChI=1S/C19H18Cl2N4O4S2/c1-11(25(31(3,27)28)15-10-14(21)8-9-16(15)29-2)17(26)22-19-24-23-18(30-19)12-4-6-13(20)7-5-12/h4-11H,1-3H3,(H,22,24,26)/t11-/m1/s1. The van der Waals surface area contributed by atoms with Crippen LogP contribution in [0, 0.1) is 0 Å². The normalized spacial score (nSPS) is 12.3. The lowest BCUT2D eigenvalue weighted by molar-refractivity contribution is -0.116. The Morgan fingerprint density at radius 3 is 2.39 bits per heavy atom. The fourth-order valence-corrected chi connectivity index (χ4v) is 5.02. The molecule has 0 aliphatic rings. The van der Waals surface area contributed by atoms with Gasteiger partial charge in [0.05, 0.1) is 19.1 Å². The largest absolute Gasteiger partial charge is 0.495 e. The first-order chi connectivity index (χ1) is 14.6. The molecule has 1 amide bonds. The number of carbonyl (C=O) groups excluding carboxylic acids is 1. The minimum atomic E-state index is -3.86. The topological polar surface area (TPSA) is 101 Å². The molecule has 0 fully saturated rings. The molecule has 0 aliphatic carbocycles. The molecule has 12 heteroatoms. The summed E-state index contributed by atoms with van der Waals surface area (Å²) in [6.45, 7) is 1.46. The second-order valence-electron chi connectivity index (χ2n) is 6.46. The van der Waals surface area contributed by atoms with E-state index in [0.717, 1.165) is 27.5 Å². The first-order valence-corrected chi connectivity index (χ1v) is 12.3. The van der Waals surface area contributed by atoms with Gasteiger partial charge in [-0.15, -0.1) is 10.2 Å². The van der Waals surface area contributed by atoms with Crippen LogP contribution in [0.15, 0.2) is 42.5 Å². The van der Waals surface area contributed by atoms with E-state index in [4.69, 9.17) is 27.9 Å². The number of carbonyl (C=O) groups is 1. The van der Waals surface area contributed by atoms with Gasteiger partial charge in [0.2, 0.25) is 21.1 Å². The molecule has 1 heterocycles. The number of hydrogen-bond acceptors (Lipinski definition) is 7. The number of ether oxygens (including phenoxy) is 1. The zero-order valence-corrected chi connectivity index (χ0v) is 19.8. The Morgan fingerprint density at radius 2 is 1.77 bits per heavy atom. The average Bonchev–Trinajstić information content (AvgIpc) is 3.16. The van der Waals surface area contributed by atoms with Crippen LogP contribution in [0.1, 0.15) is 6.92 Å². The van der Waals surface area contributed by atoms with Crippen LogP contribution in [0.3, 0.4) is 0 Å². The lowest BCUT2D eigenvalue weighted by atomic mass is 10.2. The monoisotopic (exact) mass is 500 g/mol. The van der Waals surface area contributed by atoms with E-state index in [1.807, 2.05) is 0 Å². The zero-order chi connectivity index (χ0) is 22.8. The second-order valence-corrected chi connectivity index (χ2v) is 10.2. The van der Waals surface area contributed by atoms with Crippen molar-refractivity contribution in [1.29, 1.82) is 0 Å². The Bertz CT molecular complexity index is 1200. The van der Waals surface area contributed by atoms with Crippen molar-refractivity contribution in [2.45, 2.75) is 13.0 Å². The molecular weight excluding hydrogens is 483 g/mol. The van der Waals surface area contributed by atoms with E-state index < -0.39 is 22.0 Å². The molecule has 1 atom stereocenters. The smallest absolute Gasteiger partial charge is 0.249 e. The van der Waals surface area contributed by atoms with Crippen LogP contribution in [0.4, 0.5) is 10.8 Å². The maximum absolute atomic E-state index is 12.9. The van der Waals surface area contributed by atoms with Crippen LogP contribution in [0.2, 0.25) is 10.0 Å². The number of amides is 1. The summed E-state index contributed by atoms with van der Waals surface area (Å²) >= 11 is 13.1. The van der Waals surface area contributed by atoms with E-state index in [2.05, 4.69) is 15.5 Å². The van der Waals surface area contributed by atoms with E-state index in [0.29, 0.717) is 15.1 Å². The Morgan fingerprint density at radius 1 is 1.13 bits per heavy atom. The van der Waals surface area contributed by atoms with E-state index in [1.54, 1.807) is 30.3 Å². The predicted octanol–water partition coefficient (Wildman–Crippen LogP) is 4.31. The van der Waals surface area contributed by atoms with E-state index in [-0.39, 0.29) is 16.6 Å². The summed E-state index contributed by atoms with van der Waals surface area (Å²) in [6, 6.07) is 10.4. The quantitative estimate of drug-likeness (QED) is 0.518. The van der Waals surface area contributed by atoms with Gasteiger partial charge in [0.1, 0.15) is 16.8 Å². The Hall–Kier alpha value is -2.40. The van der Waals surface area contributed by atoms with Crippen molar-refractivity contribution >= 4 is 61.3 Å². The minimum absolute atomic E-state index is 0.152. The number of sulfonamides is 1. The highest BCUT2D eigenvalue weighted by molar-refractivity contribution is 7.92. The number of rotatable bonds is 7. The minimum Gasteiger partial charge on any atom is -0.495 e. The Kier molecular flexibility index (Phi) is 7.05. The van der Waals surface area contributed by atoms with Crippen molar-refractivity contribution in [2.75, 3.05) is 23.0 Å². The summed E-state index contributed by atoms with van der Waals surface area (Å²) in [7, 11) is -2.46. The number of benzene rings is 2. The SMILES string of the molecule is COc1ccc(Cl)cc1N([C@H](C)C(=O)Nc1nnc(-c2ccc(Cl)cc2)s1)S(C)(=O)=O. The molecule has 0 radical (unpaired) electrons. The molecule has 0 bridgehead atoms. The highest BCUT2D eigenvalue weighted by Gasteiger charge is 2.32. The zero-order valence-electron chi connectivity index (χ0n) is 16.7. The van der Waals surface area contributed by atoms with Gasteiger partial charge in [-0.1, -0.05) is 46.7 Å². The number of hydrogen-bond donors (Lipinski definition) is 1. The number of methoxy groups -OCH3 is 1. The second kappa shape index (κ2) is 9.39. The average molecular weight is 501 g/mol. The summed E-state index contributed by atoms with van der Waals surface area (Å²) in [5.74, 6) is -0.332. The van der Waals surface area contributed by atoms with E-state index >= 15 is 0 Å². The van der Waals surface area contributed by atoms with Crippen LogP contribution < -0.4 is 14.4 Å². The van der Waals surface area contributed by atoms with Crippen LogP contribution >= 0.6 is 34.5 Å². The first kappa shape index (κ1) is 23.3. The third-order valence-electron chi connectivity index (χ3n) is 4.21. The molecule has 0 spiro atoms. The highest BCUT2D eigenvalue weighted by Crippen LogP contribution is 2.34. The number of halogens is 2. The van der Waals surface area contributed by atoms with Gasteiger partial charge in [-0.3, -0.25) is 14.4 Å². The molecule has 2 aromatic carbocycles. The summed E-state index contributed by atoms with van der Waals surface area (Å²) < 4.78 is 31.3. The van der Waals surface area contributed by atoms with Crippen molar-refractivity contribution in [3.05, 3.63) is 52.5 Å². The predicted molar refractivity (Wildman–Crippen MR) is 124 cm³/mol. The number of nitrogens with one attached hydrogen (secondary N) is 1. The lowest BCUT2D eigenvalue weighted by Crippen LogP contribution is -2.45. The Labute approximate surface area is 193 Å². The van der Waals surface area contributed by atoms with Gasteiger partial charge in [0.25, 0.3) is 0 Å². The molecule has 31 heavy (non-hydrogen) atoms. The van der Waals surface area contributed by atoms with Crippen molar-refractivity contribution < 1.29 is 17.9 Å². The molecule has 164 valence electrons. The fourth-order valence-electron chi connectivity index (χ4n) is 2.81. The molecule has 0 unspecified atom stereocenters. The van der Waals surface area contributed by atoms with Gasteiger partial charge in [0, 0.05) is 15.6 Å². The van der Waals surface area contributed by atoms with Crippen molar-refractivity contribution in [1.82, 2.24) is 10.2 Å². The van der Waals surface area contributed by atoms with Crippen molar-refractivity contribution in [3.8, 4) is 16.3 Å². The van der Waals surface area contributed by atoms with E-state index in [1.165, 1.54) is 26.2 Å². The molecule has 8 nitrogen and oxygen atoms in total. The fraction of sp³-hybridized carbons (Fsp3) is 0.211. The van der Waals surface area contributed by atoms with Crippen molar-refractivity contribution in [2.24, 2.45) is 0 Å². The Balaban J connectivity index is 1.86. The molecule has 0 saturated heterocycles. The van der Waals surface area contributed by atoms with Gasteiger partial charge in [-0.05, 0) is 37.3 Å². The summed E-state index contributed by atoms with van der Waals surface area (Å²) in [4.78, 5) is 12.9. The van der Waals surface area contributed by atoms with Gasteiger partial charge in [-0.2, -0.15) is 0 Å². The van der Waals surface area contributed by atoms with Crippen LogP contribution in [0.25, 0.3) is 10.6 Å². The first-order valence-electron chi connectivity index (χ1n) is 8.83. The third kappa shape index (κ3) is 5.45. The van der Waals surface area contributed by atoms with Gasteiger partial charge in [-0.25, -0.2) is 8.42 Å². The molecule has 0 saturated carbocycles. The number of aromatic nitrogens is 2. The number of anilines is 2. The lowest BCUT2D eigenvalue weighted by Gasteiger charge is -2.29. The maximum Gasteiger partial charge on any atom is 0.249 e. The van der Waals surface area contributed by atoms with Crippen LogP contribution in [-0.2, 0) is 14.8 Å². The van der Waals surface area contributed by atoms with Gasteiger partial charge >= 0.3 is 0 Å². The summed E-state index contributed by atoms with van der Waals surface area (Å²) in [5, 5.41) is 12.3. The molecule has 3 aromatic rings. The summed E-state index contributed by atoms with van der Waals surface area (Å²) in [5.41, 5.74) is 0.941. The molecule has 1 aromatic heterocycles. The van der Waals surface area contributed by atoms with Crippen LogP contribution in [0.5, 0.6) is 5.75 Å². The van der Waals surface area contributed by atoms with Gasteiger partial charge < -0.3 is 4.74 Å². The molecule has 3 rings (SSSR count). The molecular formula is C19H18Cl2N4O4S2. The van der Waals surface area contributed by atoms with Gasteiger partial charge in [0.15, 0.2) is 0 Å². The third-order valence-corrected chi connectivity index (χ3v) is 6.82. The number of nitrogens with zero attached hydrogens (tertiary/aromatic N) is 3.